The minimum absolute atomic E-state index is 0.165. The fourth-order valence-corrected chi connectivity index (χ4v) is 2.64. The maximum absolute atomic E-state index is 12.8. The van der Waals surface area contributed by atoms with Crippen molar-refractivity contribution >= 4 is 29.8 Å². The molecule has 1 aromatic carbocycles. The van der Waals surface area contributed by atoms with E-state index in [0.717, 1.165) is 0 Å². The molecular weight excluding hydrogens is 432 g/mol. The summed E-state index contributed by atoms with van der Waals surface area (Å²) >= 11 is 0. The largest absolute Gasteiger partial charge is 0.463 e. The van der Waals surface area contributed by atoms with Gasteiger partial charge in [-0.1, -0.05) is 0 Å². The molecule has 0 fully saturated rings. The topological polar surface area (TPSA) is 134 Å². The average Bonchev–Trinajstić information content (AvgIpc) is 2.63. The Labute approximate surface area is 193 Å². The smallest absolute Gasteiger partial charge is 0.408 e. The quantitative estimate of drug-likeness (QED) is 0.201. The third-order valence-corrected chi connectivity index (χ3v) is 3.81. The Balaban J connectivity index is 3.29. The van der Waals surface area contributed by atoms with Crippen molar-refractivity contribution in [2.45, 2.75) is 72.1 Å². The minimum atomic E-state index is -1.25. The second-order valence-electron chi connectivity index (χ2n) is 9.17. The van der Waals surface area contributed by atoms with Crippen LogP contribution < -0.4 is 5.32 Å². The number of esters is 2. The number of hydrogen-bond acceptors (Lipinski definition) is 8. The lowest BCUT2D eigenvalue weighted by Crippen LogP contribution is -2.47. The summed E-state index contributed by atoms with van der Waals surface area (Å²) in [6.07, 6.45) is 1.54. The van der Waals surface area contributed by atoms with Crippen LogP contribution in [0.3, 0.4) is 0 Å². The molecule has 1 rings (SSSR count). The van der Waals surface area contributed by atoms with Crippen molar-refractivity contribution in [2.24, 2.45) is 0 Å². The minimum Gasteiger partial charge on any atom is -0.463 e. The summed E-state index contributed by atoms with van der Waals surface area (Å²) in [5.74, 6) is -1.33. The molecule has 10 nitrogen and oxygen atoms in total. The van der Waals surface area contributed by atoms with E-state index in [9.17, 15) is 24.5 Å². The predicted molar refractivity (Wildman–Crippen MR) is 121 cm³/mol. The first-order valence-electron chi connectivity index (χ1n) is 10.5. The van der Waals surface area contributed by atoms with E-state index in [-0.39, 0.29) is 24.3 Å². The fraction of sp³-hybridized carbons (Fsp3) is 0.522. The Morgan fingerprint density at radius 3 is 2.21 bits per heavy atom. The first-order chi connectivity index (χ1) is 15.1. The van der Waals surface area contributed by atoms with E-state index < -0.39 is 40.2 Å². The second kappa shape index (κ2) is 11.4. The number of rotatable bonds is 8. The highest BCUT2D eigenvalue weighted by Gasteiger charge is 2.31. The molecule has 33 heavy (non-hydrogen) atoms. The van der Waals surface area contributed by atoms with E-state index in [0.29, 0.717) is 5.56 Å². The first kappa shape index (κ1) is 27.6. The Morgan fingerprint density at radius 2 is 1.70 bits per heavy atom. The number of nitro benzene ring substituents is 1. The average molecular weight is 465 g/mol. The van der Waals surface area contributed by atoms with Crippen LogP contribution in [-0.4, -0.2) is 46.8 Å². The molecule has 1 atom stereocenters. The van der Waals surface area contributed by atoms with E-state index in [1.807, 2.05) is 0 Å². The lowest BCUT2D eigenvalue weighted by molar-refractivity contribution is -0.385. The normalized spacial score (nSPS) is 12.7. The molecule has 1 aromatic rings. The fourth-order valence-electron chi connectivity index (χ4n) is 2.64. The van der Waals surface area contributed by atoms with Gasteiger partial charge in [0, 0.05) is 24.1 Å². The maximum atomic E-state index is 12.8. The Kier molecular flexibility index (Phi) is 9.57. The van der Waals surface area contributed by atoms with Gasteiger partial charge < -0.3 is 19.5 Å². The summed E-state index contributed by atoms with van der Waals surface area (Å²) in [6.45, 7) is 11.9. The summed E-state index contributed by atoms with van der Waals surface area (Å²) in [5, 5.41) is 14.0. The van der Waals surface area contributed by atoms with Gasteiger partial charge >= 0.3 is 18.0 Å². The van der Waals surface area contributed by atoms with E-state index in [1.54, 1.807) is 48.5 Å². The molecule has 0 spiro atoms. The third-order valence-electron chi connectivity index (χ3n) is 3.81. The van der Waals surface area contributed by atoms with Crippen molar-refractivity contribution in [3.8, 4) is 0 Å². The van der Waals surface area contributed by atoms with Crippen LogP contribution in [0, 0.1) is 10.1 Å². The summed E-state index contributed by atoms with van der Waals surface area (Å²) in [6, 6.07) is 2.94. The number of benzene rings is 1. The zero-order valence-electron chi connectivity index (χ0n) is 20.1. The van der Waals surface area contributed by atoms with Crippen molar-refractivity contribution in [3.05, 3.63) is 45.5 Å². The molecule has 0 radical (unpaired) electrons. The van der Waals surface area contributed by atoms with Crippen LogP contribution in [0.5, 0.6) is 0 Å². The molecule has 0 heterocycles. The van der Waals surface area contributed by atoms with E-state index in [2.05, 4.69) is 5.32 Å². The van der Waals surface area contributed by atoms with Crippen molar-refractivity contribution in [3.63, 3.8) is 0 Å². The number of ether oxygens (including phenoxy) is 3. The van der Waals surface area contributed by atoms with Gasteiger partial charge in [-0.15, -0.1) is 0 Å². The van der Waals surface area contributed by atoms with Gasteiger partial charge in [0.25, 0.3) is 5.69 Å². The molecule has 0 aliphatic rings. The van der Waals surface area contributed by atoms with E-state index in [4.69, 9.17) is 14.2 Å². The van der Waals surface area contributed by atoms with Gasteiger partial charge in [0.15, 0.2) is 0 Å². The van der Waals surface area contributed by atoms with Crippen LogP contribution in [0.25, 0.3) is 6.08 Å². The number of alkyl carbamates (subject to hydrolysis) is 1. The monoisotopic (exact) mass is 464 g/mol. The zero-order valence-corrected chi connectivity index (χ0v) is 20.1. The number of carbonyl (C=O) groups excluding carboxylic acids is 3. The van der Waals surface area contributed by atoms with Crippen LogP contribution in [0.1, 0.15) is 59.6 Å². The SMILES string of the molecule is CCOC(=O)/C=C/c1ccc([N+](=O)[O-])c(C[C@H](NC(=O)OC(C)(C)C)C(=O)OC(C)(C)C)c1. The standard InChI is InChI=1S/C23H32N2O8/c1-8-31-19(26)12-10-15-9-11-18(25(29)30)16(13-15)14-17(20(27)32-22(2,3)4)24-21(28)33-23(5,6)7/h9-13,17H,8,14H2,1-7H3,(H,24,28)/b12-10+/t17-/m0/s1. The number of nitro groups is 1. The van der Waals surface area contributed by atoms with Gasteiger partial charge in [-0.25, -0.2) is 14.4 Å². The number of amides is 1. The van der Waals surface area contributed by atoms with Gasteiger partial charge in [0.2, 0.25) is 0 Å². The highest BCUT2D eigenvalue weighted by Crippen LogP contribution is 2.23. The van der Waals surface area contributed by atoms with Gasteiger partial charge in [0.1, 0.15) is 17.2 Å². The molecule has 182 valence electrons. The van der Waals surface area contributed by atoms with Crippen molar-refractivity contribution in [1.29, 1.82) is 0 Å². The molecule has 0 saturated carbocycles. The van der Waals surface area contributed by atoms with Gasteiger partial charge in [-0.2, -0.15) is 0 Å². The molecule has 0 aliphatic heterocycles. The maximum Gasteiger partial charge on any atom is 0.408 e. The second-order valence-corrected chi connectivity index (χ2v) is 9.17. The van der Waals surface area contributed by atoms with Crippen LogP contribution in [-0.2, 0) is 30.2 Å². The molecule has 1 N–H and O–H groups in total. The van der Waals surface area contributed by atoms with Gasteiger partial charge in [-0.05, 0) is 72.2 Å². The molecule has 0 aliphatic carbocycles. The molecule has 0 unspecified atom stereocenters. The van der Waals surface area contributed by atoms with Crippen LogP contribution in [0.4, 0.5) is 10.5 Å². The number of carbonyl (C=O) groups is 3. The summed E-state index contributed by atoms with van der Waals surface area (Å²) in [7, 11) is 0. The lowest BCUT2D eigenvalue weighted by atomic mass is 10.0. The summed E-state index contributed by atoms with van der Waals surface area (Å²) in [5.41, 5.74) is -1.27. The number of nitrogens with one attached hydrogen (secondary N) is 1. The predicted octanol–water partition coefficient (Wildman–Crippen LogP) is 3.95. The summed E-state index contributed by atoms with van der Waals surface area (Å²) < 4.78 is 15.4. The highest BCUT2D eigenvalue weighted by molar-refractivity contribution is 5.87. The molecule has 0 bridgehead atoms. The third kappa shape index (κ3) is 10.6. The van der Waals surface area contributed by atoms with Crippen LogP contribution in [0.15, 0.2) is 24.3 Å². The molecule has 0 aromatic heterocycles. The Bertz CT molecular complexity index is 910. The van der Waals surface area contributed by atoms with E-state index in [1.165, 1.54) is 30.4 Å². The lowest BCUT2D eigenvalue weighted by Gasteiger charge is -2.26. The Morgan fingerprint density at radius 1 is 1.09 bits per heavy atom. The Hall–Kier alpha value is -3.43. The van der Waals surface area contributed by atoms with Crippen molar-refractivity contribution < 1.29 is 33.5 Å². The molecule has 1 amide bonds. The molecular formula is C23H32N2O8. The van der Waals surface area contributed by atoms with Gasteiger partial charge in [0.05, 0.1) is 11.5 Å². The first-order valence-corrected chi connectivity index (χ1v) is 10.5. The zero-order chi connectivity index (χ0) is 25.4. The van der Waals surface area contributed by atoms with Gasteiger partial charge in [-0.3, -0.25) is 10.1 Å². The van der Waals surface area contributed by atoms with Crippen molar-refractivity contribution in [2.75, 3.05) is 6.61 Å². The highest BCUT2D eigenvalue weighted by atomic mass is 16.6. The summed E-state index contributed by atoms with van der Waals surface area (Å²) in [4.78, 5) is 47.6. The number of hydrogen-bond donors (Lipinski definition) is 1. The van der Waals surface area contributed by atoms with E-state index >= 15 is 0 Å². The van der Waals surface area contributed by atoms with Crippen molar-refractivity contribution in [1.82, 2.24) is 5.32 Å². The van der Waals surface area contributed by atoms with Crippen LogP contribution in [0.2, 0.25) is 0 Å². The molecule has 10 heteroatoms. The number of nitrogens with zero attached hydrogens (tertiary/aromatic N) is 1. The van der Waals surface area contributed by atoms with Crippen LogP contribution >= 0.6 is 0 Å². The molecule has 0 saturated heterocycles.